The van der Waals surface area contributed by atoms with Gasteiger partial charge in [0.05, 0.1) is 31.8 Å². The van der Waals surface area contributed by atoms with Crippen LogP contribution in [0.4, 0.5) is 0 Å². The number of methoxy groups -OCH3 is 2. The van der Waals surface area contributed by atoms with Crippen LogP contribution in [0, 0.1) is 17.2 Å². The average Bonchev–Trinajstić information content (AvgIpc) is 2.97. The number of hydrogen-bond acceptors (Lipinski definition) is 6. The molecule has 0 aromatic heterocycles. The summed E-state index contributed by atoms with van der Waals surface area (Å²) in [6, 6.07) is 22.7. The van der Waals surface area contributed by atoms with Crippen molar-refractivity contribution in [2.24, 2.45) is 5.92 Å². The van der Waals surface area contributed by atoms with E-state index < -0.39 is 11.5 Å². The molecule has 0 radical (unpaired) electrons. The summed E-state index contributed by atoms with van der Waals surface area (Å²) in [5.74, 6) is 1.34. The average molecular weight is 511 g/mol. The fourth-order valence-electron chi connectivity index (χ4n) is 5.63. The zero-order chi connectivity index (χ0) is 26.7. The predicted octanol–water partition coefficient (Wildman–Crippen LogP) is 5.54. The molecular weight excluding hydrogens is 480 g/mol. The highest BCUT2D eigenvalue weighted by atomic mass is 16.5. The maximum absolute atomic E-state index is 13.8. The third-order valence-corrected chi connectivity index (χ3v) is 7.69. The van der Waals surface area contributed by atoms with Crippen molar-refractivity contribution in [1.29, 1.82) is 5.26 Å². The molecule has 0 aliphatic carbocycles. The lowest BCUT2D eigenvalue weighted by atomic mass is 9.71. The van der Waals surface area contributed by atoms with E-state index in [0.29, 0.717) is 60.7 Å². The Labute approximate surface area is 222 Å². The number of benzene rings is 3. The van der Waals surface area contributed by atoms with Gasteiger partial charge in [0.2, 0.25) is 0 Å². The molecule has 1 fully saturated rings. The largest absolute Gasteiger partial charge is 0.493 e. The van der Waals surface area contributed by atoms with Crippen LogP contribution in [-0.2, 0) is 0 Å². The smallest absolute Gasteiger partial charge is 0.253 e. The number of carbonyl (C=O) groups is 2. The van der Waals surface area contributed by atoms with Crippen molar-refractivity contribution in [3.63, 3.8) is 0 Å². The van der Waals surface area contributed by atoms with Crippen molar-refractivity contribution in [3.8, 4) is 34.4 Å². The molecule has 2 aliphatic rings. The maximum atomic E-state index is 13.8. The lowest BCUT2D eigenvalue weighted by Gasteiger charge is -2.48. The van der Waals surface area contributed by atoms with Gasteiger partial charge < -0.3 is 19.1 Å². The fraction of sp³-hybridized carbons (Fsp3) is 0.323. The van der Waals surface area contributed by atoms with Crippen molar-refractivity contribution in [2.75, 3.05) is 27.3 Å². The lowest BCUT2D eigenvalue weighted by molar-refractivity contribution is -0.0411. The molecule has 194 valence electrons. The quantitative estimate of drug-likeness (QED) is 0.433. The van der Waals surface area contributed by atoms with Crippen LogP contribution in [0.3, 0.4) is 0 Å². The summed E-state index contributed by atoms with van der Waals surface area (Å²) in [6.07, 6.45) is 1.74. The number of ether oxygens (including phenoxy) is 3. The fourth-order valence-corrected chi connectivity index (χ4v) is 5.63. The van der Waals surface area contributed by atoms with Crippen molar-refractivity contribution in [2.45, 2.75) is 31.3 Å². The van der Waals surface area contributed by atoms with Gasteiger partial charge in [-0.1, -0.05) is 30.3 Å². The van der Waals surface area contributed by atoms with E-state index >= 15 is 0 Å². The topological polar surface area (TPSA) is 88.9 Å². The van der Waals surface area contributed by atoms with Gasteiger partial charge in [-0.05, 0) is 53.9 Å². The zero-order valence-corrected chi connectivity index (χ0v) is 21.6. The summed E-state index contributed by atoms with van der Waals surface area (Å²) in [5.41, 5.74) is 2.22. The van der Waals surface area contributed by atoms with E-state index in [1.165, 1.54) is 0 Å². The first-order valence-electron chi connectivity index (χ1n) is 12.8. The molecule has 0 N–H and O–H groups in total. The second kappa shape index (κ2) is 10.6. The summed E-state index contributed by atoms with van der Waals surface area (Å²) >= 11 is 0. The molecule has 0 saturated carbocycles. The zero-order valence-electron chi connectivity index (χ0n) is 21.6. The highest BCUT2D eigenvalue weighted by Crippen LogP contribution is 2.46. The SMILES string of the molecule is COc1ccc(-c2ccc3c(c2)OC2(CCN(C(=O)c4ccccc4)CC2)C(CCC#N)C3=O)cc1OC. The number of fused-ring (bicyclic) bond motifs is 1. The Morgan fingerprint density at radius 3 is 2.37 bits per heavy atom. The van der Waals surface area contributed by atoms with E-state index in [-0.39, 0.29) is 18.1 Å². The van der Waals surface area contributed by atoms with Crippen LogP contribution in [0.25, 0.3) is 11.1 Å². The van der Waals surface area contributed by atoms with E-state index in [1.54, 1.807) is 14.2 Å². The van der Waals surface area contributed by atoms with Gasteiger partial charge in [0.1, 0.15) is 11.4 Å². The predicted molar refractivity (Wildman–Crippen MR) is 143 cm³/mol. The number of ketones is 1. The van der Waals surface area contributed by atoms with Gasteiger partial charge in [-0.25, -0.2) is 0 Å². The number of nitriles is 1. The first-order valence-corrected chi connectivity index (χ1v) is 12.8. The summed E-state index contributed by atoms with van der Waals surface area (Å²) in [7, 11) is 3.19. The summed E-state index contributed by atoms with van der Waals surface area (Å²) in [6.45, 7) is 0.962. The molecule has 38 heavy (non-hydrogen) atoms. The first kappa shape index (κ1) is 25.3. The van der Waals surface area contributed by atoms with Crippen molar-refractivity contribution >= 4 is 11.7 Å². The normalized spacial score (nSPS) is 17.8. The molecule has 1 amide bonds. The second-order valence-corrected chi connectivity index (χ2v) is 9.72. The Hall–Kier alpha value is -4.31. The molecule has 7 nitrogen and oxygen atoms in total. The van der Waals surface area contributed by atoms with Crippen molar-refractivity contribution in [3.05, 3.63) is 77.9 Å². The maximum Gasteiger partial charge on any atom is 0.253 e. The highest BCUT2D eigenvalue weighted by molar-refractivity contribution is 6.03. The minimum absolute atomic E-state index is 0.00296. The van der Waals surface area contributed by atoms with E-state index in [1.807, 2.05) is 71.6 Å². The molecule has 1 atom stereocenters. The van der Waals surface area contributed by atoms with E-state index in [0.717, 1.165) is 11.1 Å². The number of amides is 1. The first-order chi connectivity index (χ1) is 18.5. The number of carbonyl (C=O) groups excluding carboxylic acids is 2. The molecule has 5 rings (SSSR count). The van der Waals surface area contributed by atoms with Crippen LogP contribution in [0.15, 0.2) is 66.7 Å². The molecule has 1 spiro atoms. The number of nitrogens with zero attached hydrogens (tertiary/aromatic N) is 2. The standard InChI is InChI=1S/C31H30N2O5/c1-36-26-13-11-23(20-28(26)37-2)22-10-12-24-27(19-22)38-31(25(29(24)34)9-6-16-32)14-17-33(18-15-31)30(35)21-7-4-3-5-8-21/h3-5,7-8,10-13,19-20,25H,6,9,14-15,17-18H2,1-2H3. The summed E-state index contributed by atoms with van der Waals surface area (Å²) < 4.78 is 17.5. The lowest BCUT2D eigenvalue weighted by Crippen LogP contribution is -2.57. The van der Waals surface area contributed by atoms with E-state index in [4.69, 9.17) is 14.2 Å². The van der Waals surface area contributed by atoms with Gasteiger partial charge in [0.15, 0.2) is 17.3 Å². The minimum Gasteiger partial charge on any atom is -0.493 e. The molecule has 1 unspecified atom stereocenters. The third kappa shape index (κ3) is 4.58. The molecule has 2 aliphatic heterocycles. The number of piperidine rings is 1. The Morgan fingerprint density at radius 2 is 1.68 bits per heavy atom. The van der Waals surface area contributed by atoms with Gasteiger partial charge in [-0.3, -0.25) is 9.59 Å². The van der Waals surface area contributed by atoms with E-state index in [2.05, 4.69) is 6.07 Å². The highest BCUT2D eigenvalue weighted by Gasteiger charge is 2.51. The molecular formula is C31H30N2O5. The van der Waals surface area contributed by atoms with Crippen LogP contribution in [0.2, 0.25) is 0 Å². The molecule has 1 saturated heterocycles. The van der Waals surface area contributed by atoms with Gasteiger partial charge in [0, 0.05) is 37.9 Å². The molecule has 3 aromatic rings. The van der Waals surface area contributed by atoms with Crippen molar-refractivity contribution < 1.29 is 23.8 Å². The number of likely N-dealkylation sites (tertiary alicyclic amines) is 1. The van der Waals surface area contributed by atoms with Crippen LogP contribution in [0.5, 0.6) is 17.2 Å². The van der Waals surface area contributed by atoms with Crippen molar-refractivity contribution in [1.82, 2.24) is 4.90 Å². The molecule has 0 bridgehead atoms. The summed E-state index contributed by atoms with van der Waals surface area (Å²) in [4.78, 5) is 28.6. The summed E-state index contributed by atoms with van der Waals surface area (Å²) in [5, 5.41) is 9.27. The Morgan fingerprint density at radius 1 is 1.00 bits per heavy atom. The third-order valence-electron chi connectivity index (χ3n) is 7.69. The minimum atomic E-state index is -0.759. The van der Waals surface area contributed by atoms with E-state index in [9.17, 15) is 14.9 Å². The van der Waals surface area contributed by atoms with Crippen LogP contribution in [-0.4, -0.2) is 49.5 Å². The number of Topliss-reactive ketones (excluding diaryl/α,β-unsaturated/α-hetero) is 1. The van der Waals surface area contributed by atoms with Crippen LogP contribution >= 0.6 is 0 Å². The van der Waals surface area contributed by atoms with Gasteiger partial charge in [-0.15, -0.1) is 0 Å². The molecule has 3 aromatic carbocycles. The monoisotopic (exact) mass is 510 g/mol. The Balaban J connectivity index is 1.45. The Bertz CT molecular complexity index is 1390. The van der Waals surface area contributed by atoms with Gasteiger partial charge >= 0.3 is 0 Å². The molecule has 7 heteroatoms. The number of rotatable bonds is 6. The Kier molecular flexibility index (Phi) is 7.06. The van der Waals surface area contributed by atoms with Gasteiger partial charge in [0.25, 0.3) is 5.91 Å². The van der Waals surface area contributed by atoms with Crippen LogP contribution < -0.4 is 14.2 Å². The second-order valence-electron chi connectivity index (χ2n) is 9.72. The van der Waals surface area contributed by atoms with Crippen LogP contribution in [0.1, 0.15) is 46.4 Å². The van der Waals surface area contributed by atoms with Gasteiger partial charge in [-0.2, -0.15) is 5.26 Å². The molecule has 2 heterocycles. The number of hydrogen-bond donors (Lipinski definition) is 0.